The first kappa shape index (κ1) is 18.9. The lowest BCUT2D eigenvalue weighted by Crippen LogP contribution is -2.50. The molecule has 1 N–H and O–H groups in total. The molecule has 1 aliphatic rings. The molecule has 1 aliphatic carbocycles. The lowest BCUT2D eigenvalue weighted by Gasteiger charge is -2.44. The van der Waals surface area contributed by atoms with E-state index in [-0.39, 0.29) is 5.92 Å². The molecule has 0 aliphatic heterocycles. The van der Waals surface area contributed by atoms with Crippen LogP contribution >= 0.6 is 0 Å². The molecule has 0 bridgehead atoms. The van der Waals surface area contributed by atoms with E-state index in [0.29, 0.717) is 0 Å². The quantitative estimate of drug-likeness (QED) is 0.782. The van der Waals surface area contributed by atoms with E-state index in [0.717, 1.165) is 48.1 Å². The fraction of sp³-hybridized carbons (Fsp3) is 0.478. The second-order valence-electron chi connectivity index (χ2n) is 8.36. The lowest BCUT2D eigenvalue weighted by molar-refractivity contribution is -0.908. The fourth-order valence-electron chi connectivity index (χ4n) is 4.48. The van der Waals surface area contributed by atoms with Gasteiger partial charge in [-0.3, -0.25) is 0 Å². The summed E-state index contributed by atoms with van der Waals surface area (Å²) in [4.78, 5) is 0. The highest BCUT2D eigenvalue weighted by Crippen LogP contribution is 2.43. The third-order valence-electron chi connectivity index (χ3n) is 5.77. The van der Waals surface area contributed by atoms with Crippen molar-refractivity contribution in [1.29, 1.82) is 0 Å². The van der Waals surface area contributed by atoms with Crippen LogP contribution in [0.15, 0.2) is 54.6 Å². The summed E-state index contributed by atoms with van der Waals surface area (Å²) in [7, 11) is 6.22. The second kappa shape index (κ2) is 7.81. The van der Waals surface area contributed by atoms with Gasteiger partial charge in [0.1, 0.15) is 12.3 Å². The molecule has 2 aromatic carbocycles. The first-order chi connectivity index (χ1) is 12.4. The molecule has 2 aromatic rings. The topological polar surface area (TPSA) is 29.5 Å². The molecule has 1 fully saturated rings. The number of methoxy groups -OCH3 is 1. The largest absolute Gasteiger partial charge is 0.497 e. The predicted molar refractivity (Wildman–Crippen MR) is 106 cm³/mol. The number of rotatable bonds is 6. The van der Waals surface area contributed by atoms with Crippen molar-refractivity contribution in [1.82, 2.24) is 0 Å². The molecule has 0 heterocycles. The maximum absolute atomic E-state index is 11.7. The van der Waals surface area contributed by atoms with Gasteiger partial charge in [-0.25, -0.2) is 0 Å². The molecule has 2 atom stereocenters. The number of nitrogens with zero attached hydrogens (tertiary/aromatic N) is 1. The smallest absolute Gasteiger partial charge is 0.119 e. The zero-order valence-electron chi connectivity index (χ0n) is 16.3. The molecule has 0 unspecified atom stereocenters. The van der Waals surface area contributed by atoms with E-state index in [4.69, 9.17) is 4.74 Å². The number of quaternary nitrogens is 1. The van der Waals surface area contributed by atoms with E-state index in [1.807, 2.05) is 18.2 Å². The average molecular weight is 355 g/mol. The van der Waals surface area contributed by atoms with E-state index < -0.39 is 5.60 Å². The third kappa shape index (κ3) is 4.28. The van der Waals surface area contributed by atoms with Crippen LogP contribution < -0.4 is 4.74 Å². The van der Waals surface area contributed by atoms with Crippen LogP contribution in [0.2, 0.25) is 0 Å². The second-order valence-corrected chi connectivity index (χ2v) is 8.36. The molecule has 0 aromatic heterocycles. The van der Waals surface area contributed by atoms with Crippen molar-refractivity contribution >= 4 is 0 Å². The van der Waals surface area contributed by atoms with Gasteiger partial charge in [0, 0.05) is 11.5 Å². The van der Waals surface area contributed by atoms with Gasteiger partial charge in [0.15, 0.2) is 0 Å². The van der Waals surface area contributed by atoms with E-state index in [1.165, 1.54) is 12.0 Å². The first-order valence-electron chi connectivity index (χ1n) is 9.66. The van der Waals surface area contributed by atoms with Crippen molar-refractivity contribution in [2.24, 2.45) is 5.92 Å². The van der Waals surface area contributed by atoms with E-state index in [2.05, 4.69) is 50.5 Å². The third-order valence-corrected chi connectivity index (χ3v) is 5.77. The van der Waals surface area contributed by atoms with E-state index in [9.17, 15) is 5.11 Å². The van der Waals surface area contributed by atoms with E-state index in [1.54, 1.807) is 7.11 Å². The molecule has 0 saturated heterocycles. The molecule has 140 valence electrons. The zero-order chi connectivity index (χ0) is 18.6. The lowest BCUT2D eigenvalue weighted by atomic mass is 9.71. The summed E-state index contributed by atoms with van der Waals surface area (Å²) < 4.78 is 6.27. The minimum Gasteiger partial charge on any atom is -0.497 e. The van der Waals surface area contributed by atoms with Crippen LogP contribution in [0, 0.1) is 5.92 Å². The maximum atomic E-state index is 11.7. The molecule has 3 nitrogen and oxygen atoms in total. The highest BCUT2D eigenvalue weighted by Gasteiger charge is 2.43. The van der Waals surface area contributed by atoms with Gasteiger partial charge in [0.2, 0.25) is 0 Å². The molecule has 1 saturated carbocycles. The normalized spacial score (nSPS) is 23.6. The van der Waals surface area contributed by atoms with Crippen LogP contribution in [0.5, 0.6) is 5.75 Å². The van der Waals surface area contributed by atoms with Gasteiger partial charge in [0.05, 0.1) is 33.4 Å². The number of aliphatic hydroxyl groups is 1. The Morgan fingerprint density at radius 3 is 2.58 bits per heavy atom. The van der Waals surface area contributed by atoms with Gasteiger partial charge in [-0.2, -0.15) is 0 Å². The van der Waals surface area contributed by atoms with Gasteiger partial charge in [0.25, 0.3) is 0 Å². The van der Waals surface area contributed by atoms with Crippen molar-refractivity contribution in [2.45, 2.75) is 37.8 Å². The number of hydrogen-bond donors (Lipinski definition) is 1. The van der Waals surface area contributed by atoms with Gasteiger partial charge in [-0.05, 0) is 30.5 Å². The van der Waals surface area contributed by atoms with Crippen LogP contribution in [0.1, 0.15) is 36.8 Å². The molecule has 3 rings (SSSR count). The molecular weight excluding hydrogens is 322 g/mol. The van der Waals surface area contributed by atoms with Crippen molar-refractivity contribution in [3.63, 3.8) is 0 Å². The standard InChI is InChI=1S/C23H32NO2/c1-24(2,17-19-10-5-4-6-11-19)18-21-12-7-8-15-23(21,25)20-13-9-14-22(16-20)26-3/h4-6,9-11,13-14,16,21,25H,7-8,12,15,17-18H2,1-3H3/q+1/t21-,23+/m1/s1. The van der Waals surface area contributed by atoms with Gasteiger partial charge in [-0.1, -0.05) is 55.3 Å². The first-order valence-corrected chi connectivity index (χ1v) is 9.66. The Labute approximate surface area is 157 Å². The molecule has 0 radical (unpaired) electrons. The Morgan fingerprint density at radius 2 is 1.85 bits per heavy atom. The molecular formula is C23H32NO2+. The van der Waals surface area contributed by atoms with Crippen LogP contribution in [0.4, 0.5) is 0 Å². The number of hydrogen-bond acceptors (Lipinski definition) is 2. The minimum absolute atomic E-state index is 0.252. The summed E-state index contributed by atoms with van der Waals surface area (Å²) in [5.74, 6) is 1.07. The monoisotopic (exact) mass is 354 g/mol. The summed E-state index contributed by atoms with van der Waals surface area (Å²) in [6.07, 6.45) is 4.18. The van der Waals surface area contributed by atoms with Crippen molar-refractivity contribution in [2.75, 3.05) is 27.7 Å². The van der Waals surface area contributed by atoms with Crippen LogP contribution in [0.25, 0.3) is 0 Å². The van der Waals surface area contributed by atoms with E-state index >= 15 is 0 Å². The summed E-state index contributed by atoms with van der Waals surface area (Å²) >= 11 is 0. The van der Waals surface area contributed by atoms with Gasteiger partial charge < -0.3 is 14.3 Å². The summed E-state index contributed by atoms with van der Waals surface area (Å²) in [6.45, 7) is 1.94. The zero-order valence-corrected chi connectivity index (χ0v) is 16.3. The van der Waals surface area contributed by atoms with Gasteiger partial charge in [-0.15, -0.1) is 0 Å². The Hall–Kier alpha value is -1.84. The van der Waals surface area contributed by atoms with Crippen LogP contribution in [-0.4, -0.2) is 37.3 Å². The highest BCUT2D eigenvalue weighted by molar-refractivity contribution is 5.33. The Bertz CT molecular complexity index is 713. The van der Waals surface area contributed by atoms with Gasteiger partial charge >= 0.3 is 0 Å². The molecule has 26 heavy (non-hydrogen) atoms. The van der Waals surface area contributed by atoms with Crippen LogP contribution in [-0.2, 0) is 12.1 Å². The molecule has 3 heteroatoms. The highest BCUT2D eigenvalue weighted by atomic mass is 16.5. The predicted octanol–water partition coefficient (Wildman–Crippen LogP) is 4.35. The molecule has 0 amide bonds. The average Bonchev–Trinajstić information content (AvgIpc) is 2.64. The van der Waals surface area contributed by atoms with Crippen molar-refractivity contribution in [3.05, 3.63) is 65.7 Å². The number of benzene rings is 2. The Kier molecular flexibility index (Phi) is 5.69. The van der Waals surface area contributed by atoms with Crippen LogP contribution in [0.3, 0.4) is 0 Å². The number of ether oxygens (including phenoxy) is 1. The SMILES string of the molecule is COc1cccc([C@@]2(O)CCCC[C@@H]2C[N+](C)(C)Cc2ccccc2)c1. The Balaban J connectivity index is 1.81. The minimum atomic E-state index is -0.765. The maximum Gasteiger partial charge on any atom is 0.119 e. The summed E-state index contributed by atoms with van der Waals surface area (Å²) in [5, 5.41) is 11.7. The summed E-state index contributed by atoms with van der Waals surface area (Å²) in [5.41, 5.74) is 1.58. The van der Waals surface area contributed by atoms with Crippen molar-refractivity contribution < 1.29 is 14.3 Å². The molecule has 0 spiro atoms. The summed E-state index contributed by atoms with van der Waals surface area (Å²) in [6, 6.07) is 18.6. The Morgan fingerprint density at radius 1 is 1.08 bits per heavy atom. The van der Waals surface area contributed by atoms with Crippen molar-refractivity contribution in [3.8, 4) is 5.75 Å². The fourth-order valence-corrected chi connectivity index (χ4v) is 4.48.